The third-order valence-electron chi connectivity index (χ3n) is 2.54. The largest absolute Gasteiger partial charge is 0.207 e. The van der Waals surface area contributed by atoms with Gasteiger partial charge in [0.1, 0.15) is 5.82 Å². The average Bonchev–Trinajstić information content (AvgIpc) is 2.29. The minimum absolute atomic E-state index is 0.266. The van der Waals surface area contributed by atoms with Crippen molar-refractivity contribution >= 4 is 11.8 Å². The molecule has 0 fully saturated rings. The van der Waals surface area contributed by atoms with E-state index in [1.807, 2.05) is 0 Å². The highest BCUT2D eigenvalue weighted by atomic mass is 32.2. The molecule has 1 aromatic carbocycles. The number of thioether (sulfide) groups is 1. The molecule has 1 nitrogen and oxygen atoms in total. The first-order valence-electron chi connectivity index (χ1n) is 5.43. The SMILES string of the molecule is CCC(C)CSCc1cc(F)ccc1C#N. The van der Waals surface area contributed by atoms with Gasteiger partial charge >= 0.3 is 0 Å². The Hall–Kier alpha value is -1.01. The second-order valence-electron chi connectivity index (χ2n) is 3.94. The van der Waals surface area contributed by atoms with Gasteiger partial charge in [-0.1, -0.05) is 20.3 Å². The van der Waals surface area contributed by atoms with Crippen molar-refractivity contribution in [3.8, 4) is 6.07 Å². The fourth-order valence-corrected chi connectivity index (χ4v) is 2.49. The maximum absolute atomic E-state index is 13.0. The quantitative estimate of drug-likeness (QED) is 0.773. The van der Waals surface area contributed by atoms with E-state index in [0.29, 0.717) is 17.2 Å². The van der Waals surface area contributed by atoms with E-state index >= 15 is 0 Å². The van der Waals surface area contributed by atoms with Gasteiger partial charge in [-0.15, -0.1) is 0 Å². The summed E-state index contributed by atoms with van der Waals surface area (Å²) in [5.41, 5.74) is 1.38. The normalized spacial score (nSPS) is 12.1. The van der Waals surface area contributed by atoms with E-state index in [1.165, 1.54) is 12.1 Å². The van der Waals surface area contributed by atoms with E-state index in [9.17, 15) is 4.39 Å². The van der Waals surface area contributed by atoms with Crippen molar-refractivity contribution in [2.75, 3.05) is 5.75 Å². The second-order valence-corrected chi connectivity index (χ2v) is 4.97. The Morgan fingerprint density at radius 2 is 2.25 bits per heavy atom. The highest BCUT2D eigenvalue weighted by molar-refractivity contribution is 7.98. The van der Waals surface area contributed by atoms with E-state index in [0.717, 1.165) is 17.7 Å². The third-order valence-corrected chi connectivity index (χ3v) is 3.86. The molecule has 0 aliphatic heterocycles. The van der Waals surface area contributed by atoms with Gasteiger partial charge in [0.05, 0.1) is 11.6 Å². The van der Waals surface area contributed by atoms with Crippen molar-refractivity contribution in [3.63, 3.8) is 0 Å². The van der Waals surface area contributed by atoms with Gasteiger partial charge in [-0.05, 0) is 35.4 Å². The van der Waals surface area contributed by atoms with Gasteiger partial charge in [0, 0.05) is 5.75 Å². The topological polar surface area (TPSA) is 23.8 Å². The maximum atomic E-state index is 13.0. The van der Waals surface area contributed by atoms with E-state index in [-0.39, 0.29) is 5.82 Å². The van der Waals surface area contributed by atoms with Crippen molar-refractivity contribution in [1.82, 2.24) is 0 Å². The molecule has 1 atom stereocenters. The number of rotatable bonds is 5. The number of hydrogen-bond acceptors (Lipinski definition) is 2. The fourth-order valence-electron chi connectivity index (χ4n) is 1.28. The molecule has 0 N–H and O–H groups in total. The van der Waals surface area contributed by atoms with Crippen LogP contribution in [0.15, 0.2) is 18.2 Å². The summed E-state index contributed by atoms with van der Waals surface area (Å²) in [4.78, 5) is 0. The number of halogens is 1. The summed E-state index contributed by atoms with van der Waals surface area (Å²) >= 11 is 1.76. The van der Waals surface area contributed by atoms with Crippen molar-refractivity contribution in [2.24, 2.45) is 5.92 Å². The van der Waals surface area contributed by atoms with Gasteiger partial charge in [0.25, 0.3) is 0 Å². The van der Waals surface area contributed by atoms with Crippen LogP contribution in [0.4, 0.5) is 4.39 Å². The molecule has 0 saturated carbocycles. The van der Waals surface area contributed by atoms with Crippen LogP contribution in [-0.2, 0) is 5.75 Å². The van der Waals surface area contributed by atoms with Gasteiger partial charge in [0.15, 0.2) is 0 Å². The van der Waals surface area contributed by atoms with E-state index in [2.05, 4.69) is 19.9 Å². The Bertz CT molecular complexity index is 384. The minimum Gasteiger partial charge on any atom is -0.207 e. The average molecular weight is 237 g/mol. The molecule has 0 bridgehead atoms. The third kappa shape index (κ3) is 3.86. The van der Waals surface area contributed by atoms with Crippen LogP contribution >= 0.6 is 11.8 Å². The molecule has 0 heterocycles. The molecule has 0 aliphatic rings. The summed E-state index contributed by atoms with van der Waals surface area (Å²) in [6.07, 6.45) is 1.15. The zero-order valence-electron chi connectivity index (χ0n) is 9.66. The highest BCUT2D eigenvalue weighted by Crippen LogP contribution is 2.20. The van der Waals surface area contributed by atoms with E-state index in [1.54, 1.807) is 17.8 Å². The van der Waals surface area contributed by atoms with Crippen LogP contribution in [0.25, 0.3) is 0 Å². The zero-order chi connectivity index (χ0) is 12.0. The molecule has 0 amide bonds. The van der Waals surface area contributed by atoms with Gasteiger partial charge in [-0.2, -0.15) is 17.0 Å². The van der Waals surface area contributed by atoms with Crippen LogP contribution in [0.2, 0.25) is 0 Å². The summed E-state index contributed by atoms with van der Waals surface area (Å²) in [6.45, 7) is 4.36. The van der Waals surface area contributed by atoms with E-state index in [4.69, 9.17) is 5.26 Å². The van der Waals surface area contributed by atoms with Crippen molar-refractivity contribution in [1.29, 1.82) is 5.26 Å². The molecule has 16 heavy (non-hydrogen) atoms. The molecule has 0 spiro atoms. The Morgan fingerprint density at radius 1 is 1.50 bits per heavy atom. The van der Waals surface area contributed by atoms with Crippen LogP contribution in [0, 0.1) is 23.1 Å². The Morgan fingerprint density at radius 3 is 2.88 bits per heavy atom. The monoisotopic (exact) mass is 237 g/mol. The van der Waals surface area contributed by atoms with Crippen LogP contribution in [0.1, 0.15) is 31.4 Å². The molecular formula is C13H16FNS. The molecule has 1 rings (SSSR count). The van der Waals surface area contributed by atoms with Crippen molar-refractivity contribution in [3.05, 3.63) is 35.1 Å². The molecule has 0 aromatic heterocycles. The maximum Gasteiger partial charge on any atom is 0.123 e. The lowest BCUT2D eigenvalue weighted by Crippen LogP contribution is -1.97. The van der Waals surface area contributed by atoms with Crippen LogP contribution in [0.3, 0.4) is 0 Å². The summed E-state index contributed by atoms with van der Waals surface area (Å²) in [6, 6.07) is 6.44. The lowest BCUT2D eigenvalue weighted by atomic mass is 10.1. The van der Waals surface area contributed by atoms with Crippen LogP contribution < -0.4 is 0 Å². The minimum atomic E-state index is -0.266. The molecule has 0 radical (unpaired) electrons. The van der Waals surface area contributed by atoms with Crippen LogP contribution in [-0.4, -0.2) is 5.75 Å². The molecule has 1 aromatic rings. The molecule has 0 saturated heterocycles. The van der Waals surface area contributed by atoms with Gasteiger partial charge in [0.2, 0.25) is 0 Å². The van der Waals surface area contributed by atoms with Crippen molar-refractivity contribution < 1.29 is 4.39 Å². The first kappa shape index (κ1) is 13.1. The van der Waals surface area contributed by atoms with Crippen LogP contribution in [0.5, 0.6) is 0 Å². The number of nitrogens with zero attached hydrogens (tertiary/aromatic N) is 1. The Balaban J connectivity index is 2.59. The van der Waals surface area contributed by atoms with Gasteiger partial charge in [-0.3, -0.25) is 0 Å². The standard InChI is InChI=1S/C13H16FNS/c1-3-10(2)8-16-9-12-6-13(14)5-4-11(12)7-15/h4-6,10H,3,8-9H2,1-2H3. The fraction of sp³-hybridized carbons (Fsp3) is 0.462. The first-order chi connectivity index (χ1) is 7.67. The summed E-state index contributed by atoms with van der Waals surface area (Å²) in [5, 5.41) is 8.88. The Labute approximate surface area is 101 Å². The molecule has 0 aliphatic carbocycles. The lowest BCUT2D eigenvalue weighted by Gasteiger charge is -2.08. The predicted octanol–water partition coefficient (Wildman–Crippen LogP) is 3.98. The summed E-state index contributed by atoms with van der Waals surface area (Å²) < 4.78 is 13.0. The number of benzene rings is 1. The molecule has 3 heteroatoms. The zero-order valence-corrected chi connectivity index (χ0v) is 10.5. The number of hydrogen-bond donors (Lipinski definition) is 0. The van der Waals surface area contributed by atoms with E-state index < -0.39 is 0 Å². The lowest BCUT2D eigenvalue weighted by molar-refractivity contribution is 0.626. The van der Waals surface area contributed by atoms with Gasteiger partial charge in [-0.25, -0.2) is 4.39 Å². The molecule has 1 unspecified atom stereocenters. The first-order valence-corrected chi connectivity index (χ1v) is 6.59. The Kier molecular flexibility index (Phi) is 5.34. The number of nitriles is 1. The predicted molar refractivity (Wildman–Crippen MR) is 66.7 cm³/mol. The molecule has 86 valence electrons. The second kappa shape index (κ2) is 6.55. The summed E-state index contributed by atoms with van der Waals surface area (Å²) in [7, 11) is 0. The smallest absolute Gasteiger partial charge is 0.123 e. The van der Waals surface area contributed by atoms with Crippen molar-refractivity contribution in [2.45, 2.75) is 26.0 Å². The van der Waals surface area contributed by atoms with Gasteiger partial charge < -0.3 is 0 Å². The molecular weight excluding hydrogens is 221 g/mol. The highest BCUT2D eigenvalue weighted by Gasteiger charge is 2.05. The summed E-state index contributed by atoms with van der Waals surface area (Å²) in [5.74, 6) is 2.17.